The van der Waals surface area contributed by atoms with Gasteiger partial charge in [-0.2, -0.15) is 12.6 Å². The molecule has 1 amide bonds. The summed E-state index contributed by atoms with van der Waals surface area (Å²) in [6.07, 6.45) is 14.9. The summed E-state index contributed by atoms with van der Waals surface area (Å²) in [6.45, 7) is 1.29. The second kappa shape index (κ2) is 18.6. The van der Waals surface area contributed by atoms with Crippen LogP contribution in [-0.2, 0) is 14.3 Å². The van der Waals surface area contributed by atoms with Gasteiger partial charge in [-0.1, -0.05) is 51.4 Å². The maximum absolute atomic E-state index is 11.9. The third-order valence-corrected chi connectivity index (χ3v) is 5.08. The molecule has 0 spiro atoms. The van der Waals surface area contributed by atoms with Gasteiger partial charge in [0, 0.05) is 6.42 Å². The minimum atomic E-state index is -0.566. The molecule has 0 bridgehead atoms. The molecule has 0 aliphatic rings. The summed E-state index contributed by atoms with van der Waals surface area (Å²) < 4.78 is 4.70. The monoisotopic (exact) mass is 403 g/mol. The topological polar surface area (TPSA) is 59.8 Å². The minimum Gasteiger partial charge on any atom is -0.467 e. The number of thiol groups is 1. The predicted octanol–water partition coefficient (Wildman–Crippen LogP) is 2.79. The van der Waals surface area contributed by atoms with Gasteiger partial charge >= 0.3 is 5.97 Å². The summed E-state index contributed by atoms with van der Waals surface area (Å²) >= 11 is 4.12. The van der Waals surface area contributed by atoms with E-state index in [0.29, 0.717) is 18.6 Å². The highest BCUT2D eigenvalue weighted by Crippen LogP contribution is 2.12. The SMILES string of the molecule is COC(=O)C(CCS)NC(=O)CCCCCCCCCCCCC[NH+](C)C. The Morgan fingerprint density at radius 1 is 0.889 bits per heavy atom. The van der Waals surface area contributed by atoms with Crippen LogP contribution in [0.15, 0.2) is 0 Å². The first-order valence-corrected chi connectivity index (χ1v) is 11.4. The minimum absolute atomic E-state index is 0.0666. The molecule has 0 aromatic carbocycles. The molecule has 0 aliphatic heterocycles. The first-order valence-electron chi connectivity index (χ1n) is 10.8. The van der Waals surface area contributed by atoms with Crippen molar-refractivity contribution in [2.75, 3.05) is 33.5 Å². The molecule has 0 aromatic heterocycles. The Hall–Kier alpha value is -0.750. The summed E-state index contributed by atoms with van der Waals surface area (Å²) in [7, 11) is 5.77. The number of quaternary nitrogens is 1. The molecule has 0 fully saturated rings. The molecule has 0 saturated carbocycles. The number of methoxy groups -OCH3 is 1. The van der Waals surface area contributed by atoms with E-state index in [4.69, 9.17) is 4.74 Å². The number of carbonyl (C=O) groups excluding carboxylic acids is 2. The van der Waals surface area contributed by atoms with E-state index in [1.807, 2.05) is 0 Å². The molecule has 6 heteroatoms. The first-order chi connectivity index (χ1) is 13.0. The fraction of sp³-hybridized carbons (Fsp3) is 0.905. The standard InChI is InChI=1S/C21H42N2O3S/c1-23(2)17-14-12-10-8-6-4-5-7-9-11-13-15-20(24)22-19(16-18-27)21(25)26-3/h19,27H,4-18H2,1-3H3,(H,22,24)/p+1. The lowest BCUT2D eigenvalue weighted by atomic mass is 10.0. The van der Waals surface area contributed by atoms with Crippen molar-refractivity contribution in [3.63, 3.8) is 0 Å². The van der Waals surface area contributed by atoms with Gasteiger partial charge in [0.25, 0.3) is 0 Å². The van der Waals surface area contributed by atoms with E-state index in [0.717, 1.165) is 12.8 Å². The second-order valence-corrected chi connectivity index (χ2v) is 8.20. The highest BCUT2D eigenvalue weighted by Gasteiger charge is 2.20. The molecule has 160 valence electrons. The van der Waals surface area contributed by atoms with Gasteiger partial charge in [-0.05, 0) is 31.4 Å². The molecule has 0 heterocycles. The Morgan fingerprint density at radius 2 is 1.37 bits per heavy atom. The summed E-state index contributed by atoms with van der Waals surface area (Å²) in [4.78, 5) is 25.0. The summed E-state index contributed by atoms with van der Waals surface area (Å²) in [6, 6.07) is -0.566. The van der Waals surface area contributed by atoms with Crippen LogP contribution in [0.4, 0.5) is 0 Å². The molecule has 1 atom stereocenters. The molecular formula is C21H43N2O3S+. The Labute approximate surface area is 172 Å². The molecule has 0 rings (SSSR count). The number of rotatable bonds is 18. The summed E-state index contributed by atoms with van der Waals surface area (Å²) in [5, 5.41) is 2.75. The van der Waals surface area contributed by atoms with E-state index in [1.54, 1.807) is 4.90 Å². The van der Waals surface area contributed by atoms with Crippen molar-refractivity contribution < 1.29 is 19.2 Å². The van der Waals surface area contributed by atoms with E-state index >= 15 is 0 Å². The van der Waals surface area contributed by atoms with Crippen molar-refractivity contribution in [2.45, 2.75) is 89.5 Å². The van der Waals surface area contributed by atoms with Crippen molar-refractivity contribution in [3.8, 4) is 0 Å². The Kier molecular flexibility index (Phi) is 18.1. The fourth-order valence-electron chi connectivity index (χ4n) is 3.14. The Balaban J connectivity index is 3.45. The van der Waals surface area contributed by atoms with Crippen molar-refractivity contribution in [1.82, 2.24) is 5.32 Å². The zero-order chi connectivity index (χ0) is 20.3. The number of nitrogens with one attached hydrogen (secondary N) is 2. The van der Waals surface area contributed by atoms with Crippen LogP contribution in [0.2, 0.25) is 0 Å². The Morgan fingerprint density at radius 3 is 1.81 bits per heavy atom. The lowest BCUT2D eigenvalue weighted by Crippen LogP contribution is -3.05. The lowest BCUT2D eigenvalue weighted by molar-refractivity contribution is -0.858. The first kappa shape index (κ1) is 26.2. The zero-order valence-corrected chi connectivity index (χ0v) is 18.8. The van der Waals surface area contributed by atoms with E-state index in [2.05, 4.69) is 32.0 Å². The van der Waals surface area contributed by atoms with E-state index in [-0.39, 0.29) is 5.91 Å². The molecule has 27 heavy (non-hydrogen) atoms. The van der Waals surface area contributed by atoms with Gasteiger partial charge in [-0.15, -0.1) is 0 Å². The maximum atomic E-state index is 11.9. The maximum Gasteiger partial charge on any atom is 0.328 e. The summed E-state index contributed by atoms with van der Waals surface area (Å²) in [5.41, 5.74) is 0. The van der Waals surface area contributed by atoms with Gasteiger partial charge in [0.1, 0.15) is 6.04 Å². The van der Waals surface area contributed by atoms with Crippen LogP contribution < -0.4 is 10.2 Å². The van der Waals surface area contributed by atoms with Gasteiger partial charge in [0.05, 0.1) is 27.7 Å². The molecule has 0 saturated heterocycles. The van der Waals surface area contributed by atoms with Crippen LogP contribution >= 0.6 is 12.6 Å². The largest absolute Gasteiger partial charge is 0.467 e. The number of hydrogen-bond acceptors (Lipinski definition) is 4. The van der Waals surface area contributed by atoms with E-state index < -0.39 is 12.0 Å². The van der Waals surface area contributed by atoms with E-state index in [9.17, 15) is 9.59 Å². The molecule has 5 nitrogen and oxygen atoms in total. The van der Waals surface area contributed by atoms with Crippen molar-refractivity contribution in [3.05, 3.63) is 0 Å². The average molecular weight is 404 g/mol. The third kappa shape index (κ3) is 17.1. The molecule has 1 unspecified atom stereocenters. The molecule has 2 N–H and O–H groups in total. The normalized spacial score (nSPS) is 12.2. The van der Waals surface area contributed by atoms with Gasteiger partial charge < -0.3 is 15.0 Å². The quantitative estimate of drug-likeness (QED) is 0.187. The van der Waals surface area contributed by atoms with Crippen LogP contribution in [0.25, 0.3) is 0 Å². The van der Waals surface area contributed by atoms with Crippen LogP contribution in [0, 0.1) is 0 Å². The molecular weight excluding hydrogens is 360 g/mol. The highest BCUT2D eigenvalue weighted by molar-refractivity contribution is 7.80. The van der Waals surface area contributed by atoms with E-state index in [1.165, 1.54) is 71.4 Å². The average Bonchev–Trinajstić information content (AvgIpc) is 2.64. The van der Waals surface area contributed by atoms with Gasteiger partial charge in [0.15, 0.2) is 0 Å². The second-order valence-electron chi connectivity index (χ2n) is 7.75. The zero-order valence-electron chi connectivity index (χ0n) is 17.9. The van der Waals surface area contributed by atoms with Crippen LogP contribution in [-0.4, -0.2) is 51.4 Å². The van der Waals surface area contributed by atoms with Crippen LogP contribution in [0.1, 0.15) is 83.5 Å². The number of carbonyl (C=O) groups is 2. The van der Waals surface area contributed by atoms with Gasteiger partial charge in [-0.25, -0.2) is 4.79 Å². The molecule has 0 aromatic rings. The highest BCUT2D eigenvalue weighted by atomic mass is 32.1. The van der Waals surface area contributed by atoms with Crippen LogP contribution in [0.3, 0.4) is 0 Å². The number of ether oxygens (including phenoxy) is 1. The van der Waals surface area contributed by atoms with Crippen molar-refractivity contribution >= 4 is 24.5 Å². The van der Waals surface area contributed by atoms with Gasteiger partial charge in [0.2, 0.25) is 5.91 Å². The number of unbranched alkanes of at least 4 members (excludes halogenated alkanes) is 10. The number of hydrogen-bond donors (Lipinski definition) is 3. The molecule has 0 radical (unpaired) electrons. The predicted molar refractivity (Wildman–Crippen MR) is 115 cm³/mol. The number of amides is 1. The smallest absolute Gasteiger partial charge is 0.328 e. The Bertz CT molecular complexity index is 378. The fourth-order valence-corrected chi connectivity index (χ4v) is 3.40. The van der Waals surface area contributed by atoms with Crippen molar-refractivity contribution in [1.29, 1.82) is 0 Å². The number of esters is 1. The van der Waals surface area contributed by atoms with Gasteiger partial charge in [-0.3, -0.25) is 4.79 Å². The van der Waals surface area contributed by atoms with Crippen molar-refractivity contribution in [2.24, 2.45) is 0 Å². The van der Waals surface area contributed by atoms with Crippen LogP contribution in [0.5, 0.6) is 0 Å². The third-order valence-electron chi connectivity index (χ3n) is 4.82. The lowest BCUT2D eigenvalue weighted by Gasteiger charge is -2.15. The summed E-state index contributed by atoms with van der Waals surface area (Å²) in [5.74, 6) is 0.0797. The molecule has 0 aliphatic carbocycles.